The molecular formula is C18H23N3O3. The number of likely N-dealkylation sites (tertiary alicyclic amines) is 1. The van der Waals surface area contributed by atoms with E-state index >= 15 is 0 Å². The van der Waals surface area contributed by atoms with Crippen LogP contribution in [0.3, 0.4) is 0 Å². The number of aliphatic hydroxyl groups is 1. The lowest BCUT2D eigenvalue weighted by atomic mass is 9.99. The minimum absolute atomic E-state index is 0.0385. The van der Waals surface area contributed by atoms with Gasteiger partial charge in [-0.15, -0.1) is 0 Å². The van der Waals surface area contributed by atoms with Crippen LogP contribution in [0.5, 0.6) is 0 Å². The van der Waals surface area contributed by atoms with Crippen LogP contribution >= 0.6 is 0 Å². The first-order valence-corrected chi connectivity index (χ1v) is 8.34. The van der Waals surface area contributed by atoms with E-state index in [0.29, 0.717) is 23.1 Å². The van der Waals surface area contributed by atoms with Crippen LogP contribution < -0.4 is 5.32 Å². The predicted octanol–water partition coefficient (Wildman–Crippen LogP) is 2.69. The van der Waals surface area contributed by atoms with Crippen LogP contribution in [0.4, 0.5) is 5.82 Å². The molecule has 1 aliphatic rings. The van der Waals surface area contributed by atoms with Crippen molar-refractivity contribution in [2.45, 2.75) is 25.9 Å². The third-order valence-corrected chi connectivity index (χ3v) is 4.43. The summed E-state index contributed by atoms with van der Waals surface area (Å²) in [7, 11) is 0. The lowest BCUT2D eigenvalue weighted by Crippen LogP contribution is -2.37. The van der Waals surface area contributed by atoms with Gasteiger partial charge in [-0.25, -0.2) is 4.98 Å². The molecule has 24 heavy (non-hydrogen) atoms. The number of carbonyl (C=O) groups is 1. The summed E-state index contributed by atoms with van der Waals surface area (Å²) in [5.74, 6) is 1.86. The summed E-state index contributed by atoms with van der Waals surface area (Å²) >= 11 is 0. The van der Waals surface area contributed by atoms with Gasteiger partial charge in [0.05, 0.1) is 11.8 Å². The van der Waals surface area contributed by atoms with Crippen LogP contribution in [0.25, 0.3) is 0 Å². The SMILES string of the molecule is CC1CCN(C(=O)c2ccc(NCC(O)c3ccco3)nc2)CC1. The van der Waals surface area contributed by atoms with Crippen molar-refractivity contribution in [2.75, 3.05) is 25.0 Å². The molecule has 0 aromatic carbocycles. The van der Waals surface area contributed by atoms with E-state index in [1.807, 2.05) is 4.90 Å². The Morgan fingerprint density at radius 2 is 2.21 bits per heavy atom. The Balaban J connectivity index is 1.54. The first-order chi connectivity index (χ1) is 11.6. The molecule has 6 nitrogen and oxygen atoms in total. The number of nitrogens with one attached hydrogen (secondary N) is 1. The Bertz CT molecular complexity index is 647. The molecular weight excluding hydrogens is 306 g/mol. The minimum Gasteiger partial charge on any atom is -0.467 e. The lowest BCUT2D eigenvalue weighted by molar-refractivity contribution is 0.0697. The highest BCUT2D eigenvalue weighted by molar-refractivity contribution is 5.94. The van der Waals surface area contributed by atoms with Crippen LogP contribution in [-0.2, 0) is 0 Å². The molecule has 0 saturated carbocycles. The maximum absolute atomic E-state index is 12.5. The molecule has 2 aromatic rings. The number of aliphatic hydroxyl groups excluding tert-OH is 1. The maximum atomic E-state index is 12.5. The topological polar surface area (TPSA) is 78.6 Å². The van der Waals surface area contributed by atoms with Crippen molar-refractivity contribution in [3.8, 4) is 0 Å². The van der Waals surface area contributed by atoms with Crippen molar-refractivity contribution < 1.29 is 14.3 Å². The van der Waals surface area contributed by atoms with Crippen LogP contribution in [0.15, 0.2) is 41.1 Å². The highest BCUT2D eigenvalue weighted by atomic mass is 16.4. The van der Waals surface area contributed by atoms with Gasteiger partial charge in [0.2, 0.25) is 0 Å². The molecule has 1 saturated heterocycles. The molecule has 3 heterocycles. The normalized spacial score (nSPS) is 16.8. The van der Waals surface area contributed by atoms with Gasteiger partial charge in [-0.1, -0.05) is 6.92 Å². The summed E-state index contributed by atoms with van der Waals surface area (Å²) in [5.41, 5.74) is 0.599. The molecule has 2 aromatic heterocycles. The lowest BCUT2D eigenvalue weighted by Gasteiger charge is -2.30. The van der Waals surface area contributed by atoms with Gasteiger partial charge in [0.25, 0.3) is 5.91 Å². The van der Waals surface area contributed by atoms with Crippen molar-refractivity contribution in [1.29, 1.82) is 0 Å². The first kappa shape index (κ1) is 16.5. The number of nitrogens with zero attached hydrogens (tertiary/aromatic N) is 2. The van der Waals surface area contributed by atoms with Crippen LogP contribution in [0.2, 0.25) is 0 Å². The number of hydrogen-bond donors (Lipinski definition) is 2. The Morgan fingerprint density at radius 1 is 1.42 bits per heavy atom. The van der Waals surface area contributed by atoms with E-state index in [9.17, 15) is 9.90 Å². The van der Waals surface area contributed by atoms with Gasteiger partial charge in [-0.3, -0.25) is 4.79 Å². The number of carbonyl (C=O) groups excluding carboxylic acids is 1. The number of aromatic nitrogens is 1. The Morgan fingerprint density at radius 3 is 2.83 bits per heavy atom. The molecule has 1 fully saturated rings. The third kappa shape index (κ3) is 3.94. The average molecular weight is 329 g/mol. The fraction of sp³-hybridized carbons (Fsp3) is 0.444. The molecule has 0 aliphatic carbocycles. The van der Waals surface area contributed by atoms with E-state index in [-0.39, 0.29) is 12.5 Å². The Kier molecular flexibility index (Phi) is 5.15. The zero-order chi connectivity index (χ0) is 16.9. The van der Waals surface area contributed by atoms with Crippen molar-refractivity contribution in [3.05, 3.63) is 48.0 Å². The standard InChI is InChI=1S/C18H23N3O3/c1-13-6-8-21(9-7-13)18(23)14-4-5-17(19-11-14)20-12-15(22)16-3-2-10-24-16/h2-5,10-11,13,15,22H,6-9,12H2,1H3,(H,19,20). The largest absolute Gasteiger partial charge is 0.467 e. The van der Waals surface area contributed by atoms with Gasteiger partial charge >= 0.3 is 0 Å². The van der Waals surface area contributed by atoms with Crippen LogP contribution in [0.1, 0.15) is 42.0 Å². The van der Waals surface area contributed by atoms with Crippen molar-refractivity contribution >= 4 is 11.7 Å². The summed E-state index contributed by atoms with van der Waals surface area (Å²) in [6.45, 7) is 4.14. The number of furan rings is 1. The van der Waals surface area contributed by atoms with E-state index in [1.54, 1.807) is 30.5 Å². The smallest absolute Gasteiger partial charge is 0.255 e. The Hall–Kier alpha value is -2.34. The summed E-state index contributed by atoms with van der Waals surface area (Å²) in [6.07, 6.45) is 4.49. The molecule has 1 atom stereocenters. The molecule has 3 rings (SSSR count). The van der Waals surface area contributed by atoms with Crippen molar-refractivity contribution in [2.24, 2.45) is 5.92 Å². The van der Waals surface area contributed by atoms with E-state index in [4.69, 9.17) is 4.42 Å². The zero-order valence-electron chi connectivity index (χ0n) is 13.8. The molecule has 1 aliphatic heterocycles. The average Bonchev–Trinajstić information content (AvgIpc) is 3.15. The fourth-order valence-corrected chi connectivity index (χ4v) is 2.80. The van der Waals surface area contributed by atoms with Gasteiger partial charge in [0, 0.05) is 25.8 Å². The third-order valence-electron chi connectivity index (χ3n) is 4.43. The molecule has 0 spiro atoms. The number of hydrogen-bond acceptors (Lipinski definition) is 5. The first-order valence-electron chi connectivity index (χ1n) is 8.34. The second-order valence-corrected chi connectivity index (χ2v) is 6.32. The van der Waals surface area contributed by atoms with Crippen molar-refractivity contribution in [3.63, 3.8) is 0 Å². The molecule has 1 amide bonds. The summed E-state index contributed by atoms with van der Waals surface area (Å²) in [6, 6.07) is 6.99. The predicted molar refractivity (Wildman–Crippen MR) is 90.7 cm³/mol. The van der Waals surface area contributed by atoms with Crippen LogP contribution in [0, 0.1) is 5.92 Å². The number of piperidine rings is 1. The molecule has 1 unspecified atom stereocenters. The molecule has 6 heteroatoms. The van der Waals surface area contributed by atoms with E-state index in [1.165, 1.54) is 6.26 Å². The second kappa shape index (κ2) is 7.49. The highest BCUT2D eigenvalue weighted by Gasteiger charge is 2.21. The van der Waals surface area contributed by atoms with Gasteiger partial charge < -0.3 is 19.7 Å². The quantitative estimate of drug-likeness (QED) is 0.882. The molecule has 0 radical (unpaired) electrons. The molecule has 128 valence electrons. The minimum atomic E-state index is -0.738. The van der Waals surface area contributed by atoms with E-state index in [2.05, 4.69) is 17.2 Å². The number of rotatable bonds is 5. The van der Waals surface area contributed by atoms with Crippen molar-refractivity contribution in [1.82, 2.24) is 9.88 Å². The van der Waals surface area contributed by atoms with Gasteiger partial charge in [0.1, 0.15) is 17.7 Å². The number of amides is 1. The summed E-state index contributed by atoms with van der Waals surface area (Å²) in [5, 5.41) is 13.0. The molecule has 0 bridgehead atoms. The van der Waals surface area contributed by atoms with E-state index < -0.39 is 6.10 Å². The zero-order valence-corrected chi connectivity index (χ0v) is 13.8. The van der Waals surface area contributed by atoms with E-state index in [0.717, 1.165) is 25.9 Å². The van der Waals surface area contributed by atoms with Gasteiger partial charge in [0.15, 0.2) is 0 Å². The second-order valence-electron chi connectivity index (χ2n) is 6.32. The number of pyridine rings is 1. The van der Waals surface area contributed by atoms with Gasteiger partial charge in [-0.2, -0.15) is 0 Å². The van der Waals surface area contributed by atoms with Crippen LogP contribution in [-0.4, -0.2) is 40.5 Å². The highest BCUT2D eigenvalue weighted by Crippen LogP contribution is 2.19. The monoisotopic (exact) mass is 329 g/mol. The summed E-state index contributed by atoms with van der Waals surface area (Å²) < 4.78 is 5.15. The number of anilines is 1. The summed E-state index contributed by atoms with van der Waals surface area (Å²) in [4.78, 5) is 18.6. The molecule has 2 N–H and O–H groups in total. The Labute approximate surface area is 141 Å². The maximum Gasteiger partial charge on any atom is 0.255 e. The fourth-order valence-electron chi connectivity index (χ4n) is 2.80. The van der Waals surface area contributed by atoms with Gasteiger partial charge in [-0.05, 0) is 43.0 Å².